The molecule has 0 radical (unpaired) electrons. The zero-order valence-corrected chi connectivity index (χ0v) is 18.3. The van der Waals surface area contributed by atoms with E-state index in [1.54, 1.807) is 6.07 Å². The number of hydrogen-bond acceptors (Lipinski definition) is 4. The van der Waals surface area contributed by atoms with Crippen molar-refractivity contribution in [1.29, 1.82) is 0 Å². The Morgan fingerprint density at radius 2 is 1.97 bits per heavy atom. The maximum absolute atomic E-state index is 14.0. The second kappa shape index (κ2) is 9.77. The summed E-state index contributed by atoms with van der Waals surface area (Å²) >= 11 is 1.40. The van der Waals surface area contributed by atoms with Crippen molar-refractivity contribution in [3.8, 4) is 11.3 Å². The van der Waals surface area contributed by atoms with Crippen LogP contribution in [0.15, 0.2) is 34.2 Å². The van der Waals surface area contributed by atoms with Gasteiger partial charge in [0.05, 0.1) is 17.1 Å². The number of halogens is 2. The summed E-state index contributed by atoms with van der Waals surface area (Å²) in [6, 6.07) is 5.17. The normalized spacial score (nSPS) is 14.8. The molecule has 0 bridgehead atoms. The van der Waals surface area contributed by atoms with Gasteiger partial charge >= 0.3 is 0 Å². The molecular formula is C23H26F2N4OS. The van der Waals surface area contributed by atoms with Crippen LogP contribution in [0.2, 0.25) is 0 Å². The van der Waals surface area contributed by atoms with Crippen molar-refractivity contribution in [2.45, 2.75) is 62.8 Å². The summed E-state index contributed by atoms with van der Waals surface area (Å²) in [6.45, 7) is 1.99. The number of H-pyrrole nitrogens is 2. The summed E-state index contributed by atoms with van der Waals surface area (Å²) < 4.78 is 27.1. The van der Waals surface area contributed by atoms with E-state index in [0.29, 0.717) is 34.6 Å². The van der Waals surface area contributed by atoms with Crippen LogP contribution in [0.3, 0.4) is 0 Å². The average Bonchev–Trinajstić information content (AvgIpc) is 3.21. The minimum atomic E-state index is -0.642. The predicted molar refractivity (Wildman–Crippen MR) is 118 cm³/mol. The van der Waals surface area contributed by atoms with Gasteiger partial charge in [-0.25, -0.2) is 13.8 Å². The molecule has 0 amide bonds. The minimum Gasteiger partial charge on any atom is -0.301 e. The highest BCUT2D eigenvalue weighted by atomic mass is 32.2. The molecule has 1 aromatic carbocycles. The van der Waals surface area contributed by atoms with Gasteiger partial charge in [0.25, 0.3) is 5.56 Å². The second-order valence-corrected chi connectivity index (χ2v) is 9.01. The summed E-state index contributed by atoms with van der Waals surface area (Å²) in [5, 5.41) is 7.59. The van der Waals surface area contributed by atoms with Crippen LogP contribution >= 0.6 is 11.8 Å². The van der Waals surface area contributed by atoms with E-state index in [9.17, 15) is 13.6 Å². The second-order valence-electron chi connectivity index (χ2n) is 8.04. The lowest BCUT2D eigenvalue weighted by atomic mass is 9.85. The van der Waals surface area contributed by atoms with Gasteiger partial charge in [-0.05, 0) is 37.0 Å². The molecule has 2 aromatic heterocycles. The summed E-state index contributed by atoms with van der Waals surface area (Å²) in [4.78, 5) is 20.3. The Balaban J connectivity index is 1.48. The number of benzene rings is 1. The van der Waals surface area contributed by atoms with Crippen LogP contribution < -0.4 is 5.56 Å². The van der Waals surface area contributed by atoms with Crippen molar-refractivity contribution in [1.82, 2.24) is 20.2 Å². The molecule has 4 rings (SSSR count). The Hall–Kier alpha value is -2.48. The fourth-order valence-electron chi connectivity index (χ4n) is 4.21. The topological polar surface area (TPSA) is 74.4 Å². The fraction of sp³-hybridized carbons (Fsp3) is 0.435. The molecule has 3 aromatic rings. The van der Waals surface area contributed by atoms with E-state index in [0.717, 1.165) is 23.7 Å². The molecule has 2 heterocycles. The molecule has 164 valence electrons. The van der Waals surface area contributed by atoms with Crippen LogP contribution in [0.25, 0.3) is 11.3 Å². The molecule has 2 N–H and O–H groups in total. The van der Waals surface area contributed by atoms with Gasteiger partial charge in [-0.1, -0.05) is 50.8 Å². The SMILES string of the molecule is CCc1c(CC2CCCCC2)nc(SCc2cc(-c3ccc(F)cc3F)[nH]n2)[nH]c1=O. The van der Waals surface area contributed by atoms with Gasteiger partial charge in [-0.2, -0.15) is 5.10 Å². The third-order valence-corrected chi connectivity index (χ3v) is 6.76. The van der Waals surface area contributed by atoms with Crippen molar-refractivity contribution >= 4 is 11.8 Å². The molecule has 5 nitrogen and oxygen atoms in total. The number of nitrogens with zero attached hydrogens (tertiary/aromatic N) is 2. The van der Waals surface area contributed by atoms with Gasteiger partial charge in [0.2, 0.25) is 0 Å². The highest BCUT2D eigenvalue weighted by molar-refractivity contribution is 7.98. The van der Waals surface area contributed by atoms with Crippen LogP contribution in [0, 0.1) is 17.6 Å². The number of thioether (sulfide) groups is 1. The Morgan fingerprint density at radius 3 is 2.71 bits per heavy atom. The van der Waals surface area contributed by atoms with Gasteiger partial charge in [0.1, 0.15) is 11.6 Å². The quantitative estimate of drug-likeness (QED) is 0.377. The molecule has 0 unspecified atom stereocenters. The van der Waals surface area contributed by atoms with Gasteiger partial charge in [-0.3, -0.25) is 9.89 Å². The fourth-order valence-corrected chi connectivity index (χ4v) is 4.99. The molecule has 31 heavy (non-hydrogen) atoms. The van der Waals surface area contributed by atoms with Gasteiger partial charge < -0.3 is 4.98 Å². The lowest BCUT2D eigenvalue weighted by molar-refractivity contribution is 0.352. The van der Waals surface area contributed by atoms with Crippen LogP contribution in [-0.2, 0) is 18.6 Å². The maximum Gasteiger partial charge on any atom is 0.254 e. The Labute approximate surface area is 184 Å². The Morgan fingerprint density at radius 1 is 1.16 bits per heavy atom. The van der Waals surface area contributed by atoms with Crippen LogP contribution in [0.5, 0.6) is 0 Å². The lowest BCUT2D eigenvalue weighted by Crippen LogP contribution is -2.21. The smallest absolute Gasteiger partial charge is 0.254 e. The molecule has 0 atom stereocenters. The van der Waals surface area contributed by atoms with Crippen molar-refractivity contribution < 1.29 is 8.78 Å². The Bertz CT molecular complexity index is 1110. The highest BCUT2D eigenvalue weighted by Crippen LogP contribution is 2.28. The molecule has 1 fully saturated rings. The van der Waals surface area contributed by atoms with Gasteiger partial charge in [0, 0.05) is 22.9 Å². The monoisotopic (exact) mass is 444 g/mol. The van der Waals surface area contributed by atoms with E-state index >= 15 is 0 Å². The first-order valence-corrected chi connectivity index (χ1v) is 11.8. The van der Waals surface area contributed by atoms with E-state index in [-0.39, 0.29) is 11.1 Å². The molecule has 0 spiro atoms. The standard InChI is InChI=1S/C23H26F2N4OS/c1-2-17-20(10-14-6-4-3-5-7-14)26-23(27-22(17)30)31-13-16-12-21(29-28-16)18-9-8-15(24)11-19(18)25/h8-9,11-12,14H,2-7,10,13H2,1H3,(H,28,29)(H,26,27,30). The van der Waals surface area contributed by atoms with Gasteiger partial charge in [-0.15, -0.1) is 0 Å². The van der Waals surface area contributed by atoms with Crippen LogP contribution in [0.4, 0.5) is 8.78 Å². The number of aromatic nitrogens is 4. The van der Waals surface area contributed by atoms with Crippen molar-refractivity contribution in [2.24, 2.45) is 5.92 Å². The molecular weight excluding hydrogens is 418 g/mol. The minimum absolute atomic E-state index is 0.0677. The number of hydrogen-bond donors (Lipinski definition) is 2. The molecule has 1 aliphatic carbocycles. The largest absolute Gasteiger partial charge is 0.301 e. The Kier molecular flexibility index (Phi) is 6.85. The van der Waals surface area contributed by atoms with Crippen LogP contribution in [-0.4, -0.2) is 20.2 Å². The predicted octanol–water partition coefficient (Wildman–Crippen LogP) is 5.42. The molecule has 1 aliphatic rings. The first kappa shape index (κ1) is 21.7. The summed E-state index contributed by atoms with van der Waals surface area (Å²) in [6.07, 6.45) is 7.75. The van der Waals surface area contributed by atoms with Crippen LogP contribution in [0.1, 0.15) is 56.0 Å². The molecule has 8 heteroatoms. The number of aromatic amines is 2. The molecule has 1 saturated carbocycles. The highest BCUT2D eigenvalue weighted by Gasteiger charge is 2.19. The third kappa shape index (κ3) is 5.23. The van der Waals surface area contributed by atoms with Crippen molar-refractivity contribution in [3.63, 3.8) is 0 Å². The molecule has 0 saturated heterocycles. The van der Waals surface area contributed by atoms with E-state index in [4.69, 9.17) is 4.98 Å². The zero-order valence-electron chi connectivity index (χ0n) is 17.5. The van der Waals surface area contributed by atoms with E-state index < -0.39 is 11.6 Å². The average molecular weight is 445 g/mol. The first-order chi connectivity index (χ1) is 15.0. The summed E-state index contributed by atoms with van der Waals surface area (Å²) in [7, 11) is 0. The lowest BCUT2D eigenvalue weighted by Gasteiger charge is -2.22. The summed E-state index contributed by atoms with van der Waals surface area (Å²) in [5.41, 5.74) is 3.06. The first-order valence-electron chi connectivity index (χ1n) is 10.8. The number of nitrogens with one attached hydrogen (secondary N) is 2. The zero-order chi connectivity index (χ0) is 21.8. The molecule has 0 aliphatic heterocycles. The maximum atomic E-state index is 14.0. The van der Waals surface area contributed by atoms with Gasteiger partial charge in [0.15, 0.2) is 5.16 Å². The van der Waals surface area contributed by atoms with E-state index in [2.05, 4.69) is 15.2 Å². The van der Waals surface area contributed by atoms with Crippen molar-refractivity contribution in [3.05, 3.63) is 63.2 Å². The van der Waals surface area contributed by atoms with E-state index in [1.807, 2.05) is 6.92 Å². The number of rotatable bonds is 7. The van der Waals surface area contributed by atoms with E-state index in [1.165, 1.54) is 56.0 Å². The summed E-state index contributed by atoms with van der Waals surface area (Å²) in [5.74, 6) is -0.190. The third-order valence-electron chi connectivity index (χ3n) is 5.85. The van der Waals surface area contributed by atoms with Crippen molar-refractivity contribution in [2.75, 3.05) is 0 Å².